The van der Waals surface area contributed by atoms with Gasteiger partial charge in [0.25, 0.3) is 0 Å². The highest BCUT2D eigenvalue weighted by Gasteiger charge is 2.13. The van der Waals surface area contributed by atoms with E-state index in [-0.39, 0.29) is 12.2 Å². The Labute approximate surface area is 162 Å². The quantitative estimate of drug-likeness (QED) is 0.260. The van der Waals surface area contributed by atoms with Gasteiger partial charge >= 0.3 is 6.09 Å². The SMILES string of the molecule is CCCCCCCCCCCCC(COC)OC(=O)NCCCCCC. The lowest BCUT2D eigenvalue weighted by Gasteiger charge is -2.17. The molecule has 0 aromatic heterocycles. The predicted molar refractivity (Wildman–Crippen MR) is 111 cm³/mol. The average Bonchev–Trinajstić information content (AvgIpc) is 2.63. The van der Waals surface area contributed by atoms with Crippen LogP contribution in [-0.4, -0.2) is 32.5 Å². The molecule has 4 nitrogen and oxygen atoms in total. The lowest BCUT2D eigenvalue weighted by atomic mass is 10.0. The minimum atomic E-state index is -0.296. The maximum atomic E-state index is 11.9. The highest BCUT2D eigenvalue weighted by molar-refractivity contribution is 5.67. The number of methoxy groups -OCH3 is 1. The molecule has 0 spiro atoms. The Kier molecular flexibility index (Phi) is 19.9. The van der Waals surface area contributed by atoms with Crippen LogP contribution >= 0.6 is 0 Å². The molecule has 1 unspecified atom stereocenters. The van der Waals surface area contributed by atoms with E-state index < -0.39 is 0 Å². The van der Waals surface area contributed by atoms with Gasteiger partial charge in [0, 0.05) is 13.7 Å². The first-order valence-electron chi connectivity index (χ1n) is 11.2. The van der Waals surface area contributed by atoms with Crippen molar-refractivity contribution in [1.82, 2.24) is 5.32 Å². The number of hydrogen-bond acceptors (Lipinski definition) is 3. The van der Waals surface area contributed by atoms with Crippen LogP contribution in [0.5, 0.6) is 0 Å². The summed E-state index contributed by atoms with van der Waals surface area (Å²) in [5.41, 5.74) is 0. The smallest absolute Gasteiger partial charge is 0.407 e. The number of ether oxygens (including phenoxy) is 2. The highest BCUT2D eigenvalue weighted by atomic mass is 16.6. The number of alkyl carbamates (subject to hydrolysis) is 1. The molecule has 0 bridgehead atoms. The molecular weight excluding hydrogens is 326 g/mol. The topological polar surface area (TPSA) is 47.6 Å². The van der Waals surface area contributed by atoms with E-state index in [9.17, 15) is 4.79 Å². The van der Waals surface area contributed by atoms with Crippen molar-refractivity contribution in [3.63, 3.8) is 0 Å². The molecule has 156 valence electrons. The molecule has 0 fully saturated rings. The number of hydrogen-bond donors (Lipinski definition) is 1. The first kappa shape index (κ1) is 25.2. The van der Waals surface area contributed by atoms with Gasteiger partial charge in [-0.05, 0) is 19.3 Å². The lowest BCUT2D eigenvalue weighted by molar-refractivity contribution is 0.0335. The number of carbonyl (C=O) groups is 1. The van der Waals surface area contributed by atoms with Gasteiger partial charge in [-0.1, -0.05) is 90.9 Å². The molecule has 1 atom stereocenters. The largest absolute Gasteiger partial charge is 0.444 e. The van der Waals surface area contributed by atoms with Crippen LogP contribution in [0.2, 0.25) is 0 Å². The second kappa shape index (κ2) is 20.5. The van der Waals surface area contributed by atoms with Crippen molar-refractivity contribution >= 4 is 6.09 Å². The van der Waals surface area contributed by atoms with Crippen LogP contribution in [0, 0.1) is 0 Å². The summed E-state index contributed by atoms with van der Waals surface area (Å²) in [5, 5.41) is 2.85. The van der Waals surface area contributed by atoms with Crippen LogP contribution < -0.4 is 5.32 Å². The zero-order valence-corrected chi connectivity index (χ0v) is 17.8. The third-order valence-corrected chi connectivity index (χ3v) is 4.81. The van der Waals surface area contributed by atoms with Gasteiger partial charge in [-0.15, -0.1) is 0 Å². The minimum absolute atomic E-state index is 0.121. The zero-order chi connectivity index (χ0) is 19.3. The summed E-state index contributed by atoms with van der Waals surface area (Å²) in [5.74, 6) is 0. The van der Waals surface area contributed by atoms with Crippen molar-refractivity contribution in [3.05, 3.63) is 0 Å². The van der Waals surface area contributed by atoms with Crippen molar-refractivity contribution in [2.75, 3.05) is 20.3 Å². The van der Waals surface area contributed by atoms with Crippen LogP contribution in [0.25, 0.3) is 0 Å². The van der Waals surface area contributed by atoms with Crippen LogP contribution in [0.15, 0.2) is 0 Å². The molecule has 4 heteroatoms. The predicted octanol–water partition coefficient (Wildman–Crippen LogP) is 6.62. The van der Waals surface area contributed by atoms with E-state index in [0.717, 1.165) is 25.7 Å². The molecule has 0 heterocycles. The number of amides is 1. The molecular formula is C22H45NO3. The Bertz CT molecular complexity index is 297. The normalized spacial score (nSPS) is 12.1. The third-order valence-electron chi connectivity index (χ3n) is 4.81. The standard InChI is InChI=1S/C22H45NO3/c1-4-6-8-10-11-12-13-14-15-16-18-21(20-25-3)26-22(24)23-19-17-9-7-5-2/h21H,4-20H2,1-3H3,(H,23,24). The van der Waals surface area contributed by atoms with Crippen LogP contribution in [-0.2, 0) is 9.47 Å². The molecule has 1 N–H and O–H groups in total. The lowest BCUT2D eigenvalue weighted by Crippen LogP contribution is -2.31. The van der Waals surface area contributed by atoms with Gasteiger partial charge in [-0.2, -0.15) is 0 Å². The monoisotopic (exact) mass is 371 g/mol. The molecule has 0 radical (unpaired) electrons. The number of carbonyl (C=O) groups excluding carboxylic acids is 1. The van der Waals surface area contributed by atoms with Gasteiger partial charge in [0.2, 0.25) is 0 Å². The molecule has 0 saturated carbocycles. The number of nitrogens with one attached hydrogen (secondary N) is 1. The van der Waals surface area contributed by atoms with E-state index in [1.165, 1.54) is 70.6 Å². The summed E-state index contributed by atoms with van der Waals surface area (Å²) < 4.78 is 10.7. The fraction of sp³-hybridized carbons (Fsp3) is 0.955. The summed E-state index contributed by atoms with van der Waals surface area (Å²) >= 11 is 0. The Balaban J connectivity index is 3.61. The van der Waals surface area contributed by atoms with E-state index in [0.29, 0.717) is 13.2 Å². The van der Waals surface area contributed by atoms with Crippen LogP contribution in [0.1, 0.15) is 110 Å². The number of unbranched alkanes of at least 4 members (excludes halogenated alkanes) is 12. The summed E-state index contributed by atoms with van der Waals surface area (Å²) in [7, 11) is 1.66. The van der Waals surface area contributed by atoms with Crippen molar-refractivity contribution in [3.8, 4) is 0 Å². The Morgan fingerprint density at radius 2 is 1.27 bits per heavy atom. The molecule has 26 heavy (non-hydrogen) atoms. The van der Waals surface area contributed by atoms with E-state index in [1.807, 2.05) is 0 Å². The van der Waals surface area contributed by atoms with E-state index in [1.54, 1.807) is 7.11 Å². The van der Waals surface area contributed by atoms with E-state index in [2.05, 4.69) is 19.2 Å². The van der Waals surface area contributed by atoms with Crippen LogP contribution in [0.4, 0.5) is 4.79 Å². The summed E-state index contributed by atoms with van der Waals surface area (Å²) in [6.45, 7) is 5.64. The maximum Gasteiger partial charge on any atom is 0.407 e. The fourth-order valence-corrected chi connectivity index (χ4v) is 3.16. The zero-order valence-electron chi connectivity index (χ0n) is 17.8. The second-order valence-corrected chi connectivity index (χ2v) is 7.44. The van der Waals surface area contributed by atoms with Crippen molar-refractivity contribution < 1.29 is 14.3 Å². The average molecular weight is 372 g/mol. The molecule has 1 amide bonds. The van der Waals surface area contributed by atoms with Crippen molar-refractivity contribution in [2.24, 2.45) is 0 Å². The molecule has 0 saturated heterocycles. The Morgan fingerprint density at radius 1 is 0.769 bits per heavy atom. The van der Waals surface area contributed by atoms with E-state index >= 15 is 0 Å². The minimum Gasteiger partial charge on any atom is -0.444 e. The van der Waals surface area contributed by atoms with Crippen molar-refractivity contribution in [2.45, 2.75) is 116 Å². The molecule has 0 aliphatic rings. The Morgan fingerprint density at radius 3 is 1.81 bits per heavy atom. The highest BCUT2D eigenvalue weighted by Crippen LogP contribution is 2.13. The van der Waals surface area contributed by atoms with E-state index in [4.69, 9.17) is 9.47 Å². The summed E-state index contributed by atoms with van der Waals surface area (Å²) in [6, 6.07) is 0. The third kappa shape index (κ3) is 18.0. The van der Waals surface area contributed by atoms with Gasteiger partial charge in [0.1, 0.15) is 6.10 Å². The first-order chi connectivity index (χ1) is 12.7. The Hall–Kier alpha value is -0.770. The van der Waals surface area contributed by atoms with Gasteiger partial charge in [-0.3, -0.25) is 0 Å². The van der Waals surface area contributed by atoms with Crippen molar-refractivity contribution in [1.29, 1.82) is 0 Å². The van der Waals surface area contributed by atoms with Gasteiger partial charge in [0.15, 0.2) is 0 Å². The molecule has 0 rings (SSSR count). The molecule has 0 aliphatic heterocycles. The second-order valence-electron chi connectivity index (χ2n) is 7.44. The van der Waals surface area contributed by atoms with Gasteiger partial charge in [0.05, 0.1) is 6.61 Å². The fourth-order valence-electron chi connectivity index (χ4n) is 3.16. The van der Waals surface area contributed by atoms with Crippen LogP contribution in [0.3, 0.4) is 0 Å². The summed E-state index contributed by atoms with van der Waals surface area (Å²) in [4.78, 5) is 11.9. The maximum absolute atomic E-state index is 11.9. The van der Waals surface area contributed by atoms with Gasteiger partial charge < -0.3 is 14.8 Å². The molecule has 0 aromatic carbocycles. The molecule has 0 aliphatic carbocycles. The number of rotatable bonds is 19. The first-order valence-corrected chi connectivity index (χ1v) is 11.2. The molecule has 0 aromatic rings. The van der Waals surface area contributed by atoms with Gasteiger partial charge in [-0.25, -0.2) is 4.79 Å². The summed E-state index contributed by atoms with van der Waals surface area (Å²) in [6.07, 6.45) is 18.3.